The Bertz CT molecular complexity index is 615. The largest absolute Gasteiger partial charge is 0.347 e. The van der Waals surface area contributed by atoms with E-state index >= 15 is 0 Å². The predicted octanol–water partition coefficient (Wildman–Crippen LogP) is 1.61. The molecule has 6 heteroatoms. The van der Waals surface area contributed by atoms with Crippen LogP contribution in [0.5, 0.6) is 0 Å². The van der Waals surface area contributed by atoms with E-state index in [4.69, 9.17) is 0 Å². The van der Waals surface area contributed by atoms with Crippen molar-refractivity contribution < 1.29 is 14.4 Å². The minimum Gasteiger partial charge on any atom is -0.347 e. The van der Waals surface area contributed by atoms with E-state index in [1.54, 1.807) is 6.92 Å². The van der Waals surface area contributed by atoms with E-state index in [1.807, 2.05) is 31.2 Å². The zero-order valence-electron chi connectivity index (χ0n) is 14.2. The molecule has 1 aromatic rings. The van der Waals surface area contributed by atoms with Gasteiger partial charge in [-0.2, -0.15) is 0 Å². The van der Waals surface area contributed by atoms with Crippen LogP contribution >= 0.6 is 0 Å². The number of para-hydroxylation sites is 1. The highest BCUT2D eigenvalue weighted by Gasteiger charge is 2.19. The Morgan fingerprint density at radius 1 is 1.00 bits per heavy atom. The first-order valence-corrected chi connectivity index (χ1v) is 8.43. The molecule has 130 valence electrons. The first-order valence-electron chi connectivity index (χ1n) is 8.43. The number of benzene rings is 1. The summed E-state index contributed by atoms with van der Waals surface area (Å²) in [5.74, 6) is -0.903. The van der Waals surface area contributed by atoms with E-state index in [-0.39, 0.29) is 30.2 Å². The fourth-order valence-electron chi connectivity index (χ4n) is 2.70. The lowest BCUT2D eigenvalue weighted by atomic mass is 9.99. The van der Waals surface area contributed by atoms with Crippen LogP contribution in [0.1, 0.15) is 38.7 Å². The predicted molar refractivity (Wildman–Crippen MR) is 92.4 cm³/mol. The van der Waals surface area contributed by atoms with Crippen molar-refractivity contribution in [1.29, 1.82) is 0 Å². The van der Waals surface area contributed by atoms with Gasteiger partial charge in [0, 0.05) is 11.6 Å². The molecule has 0 saturated carbocycles. The molecule has 2 rings (SSSR count). The molecule has 1 aromatic carbocycles. The third kappa shape index (κ3) is 5.08. The molecule has 6 nitrogen and oxygen atoms in total. The molecule has 0 aliphatic carbocycles. The Morgan fingerprint density at radius 2 is 1.75 bits per heavy atom. The second-order valence-corrected chi connectivity index (χ2v) is 6.30. The summed E-state index contributed by atoms with van der Waals surface area (Å²) in [5.41, 5.74) is 1.84. The van der Waals surface area contributed by atoms with E-state index < -0.39 is 6.04 Å². The van der Waals surface area contributed by atoms with Gasteiger partial charge >= 0.3 is 0 Å². The fourth-order valence-corrected chi connectivity index (χ4v) is 2.70. The van der Waals surface area contributed by atoms with Crippen molar-refractivity contribution >= 4 is 23.4 Å². The van der Waals surface area contributed by atoms with Crippen molar-refractivity contribution in [2.45, 2.75) is 45.6 Å². The van der Waals surface area contributed by atoms with Gasteiger partial charge in [0.2, 0.25) is 17.7 Å². The number of rotatable bonds is 0. The van der Waals surface area contributed by atoms with Gasteiger partial charge in [0.05, 0.1) is 6.54 Å². The number of anilines is 1. The molecular formula is C18H25N3O3. The van der Waals surface area contributed by atoms with E-state index in [0.717, 1.165) is 36.9 Å². The van der Waals surface area contributed by atoms with E-state index in [1.165, 1.54) is 0 Å². The molecule has 3 amide bonds. The lowest BCUT2D eigenvalue weighted by Gasteiger charge is -2.16. The van der Waals surface area contributed by atoms with Crippen LogP contribution in [0.15, 0.2) is 24.3 Å². The van der Waals surface area contributed by atoms with Gasteiger partial charge in [0.1, 0.15) is 6.04 Å². The van der Waals surface area contributed by atoms with Gasteiger partial charge in [-0.25, -0.2) is 0 Å². The van der Waals surface area contributed by atoms with Gasteiger partial charge in [-0.15, -0.1) is 0 Å². The highest BCUT2D eigenvalue weighted by atomic mass is 16.2. The lowest BCUT2D eigenvalue weighted by molar-refractivity contribution is -0.129. The standard InChI is InChI=1S/C18H25N3O3/c1-12-7-3-4-8-14-9-5-6-10-15(14)21-18(24)13(2)20-16(22)11-19-17(12)23/h5-6,9-10,12-13H,3-4,7-8,11H2,1-2H3,(H,19,23)(H,20,22)(H,21,24)/t12-,13+/m0/s1. The van der Waals surface area contributed by atoms with Gasteiger partial charge in [-0.1, -0.05) is 31.5 Å². The molecule has 0 unspecified atom stereocenters. The molecule has 2 atom stereocenters. The smallest absolute Gasteiger partial charge is 0.246 e. The van der Waals surface area contributed by atoms with Gasteiger partial charge < -0.3 is 16.0 Å². The first kappa shape index (κ1) is 18.0. The summed E-state index contributed by atoms with van der Waals surface area (Å²) >= 11 is 0. The Kier molecular flexibility index (Phi) is 6.35. The van der Waals surface area contributed by atoms with Crippen molar-refractivity contribution in [3.8, 4) is 0 Å². The summed E-state index contributed by atoms with van der Waals surface area (Å²) in [6, 6.07) is 7.01. The van der Waals surface area contributed by atoms with Crippen LogP contribution in [0.25, 0.3) is 0 Å². The molecule has 3 N–H and O–H groups in total. The molecule has 0 aromatic heterocycles. The number of fused-ring (bicyclic) bond motifs is 1. The van der Waals surface area contributed by atoms with Crippen LogP contribution in [0.2, 0.25) is 0 Å². The Balaban J connectivity index is 2.15. The van der Waals surface area contributed by atoms with E-state index in [2.05, 4.69) is 16.0 Å². The van der Waals surface area contributed by atoms with Crippen molar-refractivity contribution in [3.63, 3.8) is 0 Å². The minimum absolute atomic E-state index is 0.114. The van der Waals surface area contributed by atoms with E-state index in [9.17, 15) is 14.4 Å². The van der Waals surface area contributed by atoms with Crippen LogP contribution in [0.3, 0.4) is 0 Å². The van der Waals surface area contributed by atoms with Crippen molar-refractivity contribution in [3.05, 3.63) is 29.8 Å². The quantitative estimate of drug-likeness (QED) is 0.675. The van der Waals surface area contributed by atoms with Gasteiger partial charge in [0.25, 0.3) is 0 Å². The summed E-state index contributed by atoms with van der Waals surface area (Å²) in [6.07, 6.45) is 3.47. The SMILES string of the molecule is C[C@H]1CCCCc2ccccc2NC(=O)[C@@H](C)NC(=O)CNC1=O. The average molecular weight is 331 g/mol. The molecule has 0 spiro atoms. The maximum absolute atomic E-state index is 12.3. The van der Waals surface area contributed by atoms with Gasteiger partial charge in [0.15, 0.2) is 0 Å². The molecule has 1 heterocycles. The number of amides is 3. The maximum Gasteiger partial charge on any atom is 0.246 e. The first-order chi connectivity index (χ1) is 11.5. The van der Waals surface area contributed by atoms with Crippen molar-refractivity contribution in [2.75, 3.05) is 11.9 Å². The number of carbonyl (C=O) groups is 3. The third-order valence-electron chi connectivity index (χ3n) is 4.25. The highest BCUT2D eigenvalue weighted by Crippen LogP contribution is 2.19. The van der Waals surface area contributed by atoms with Crippen LogP contribution in [-0.4, -0.2) is 30.3 Å². The lowest BCUT2D eigenvalue weighted by Crippen LogP contribution is -2.46. The topological polar surface area (TPSA) is 87.3 Å². The molecule has 1 aliphatic rings. The number of hydrogen-bond donors (Lipinski definition) is 3. The fraction of sp³-hybridized carbons (Fsp3) is 0.500. The van der Waals surface area contributed by atoms with Crippen LogP contribution in [0, 0.1) is 5.92 Å². The highest BCUT2D eigenvalue weighted by molar-refractivity contribution is 5.98. The second kappa shape index (κ2) is 8.47. The zero-order valence-corrected chi connectivity index (χ0v) is 14.2. The Morgan fingerprint density at radius 3 is 2.54 bits per heavy atom. The number of hydrogen-bond acceptors (Lipinski definition) is 3. The van der Waals surface area contributed by atoms with E-state index in [0.29, 0.717) is 0 Å². The molecule has 0 saturated heterocycles. The average Bonchev–Trinajstić information content (AvgIpc) is 2.56. The Labute approximate surface area is 142 Å². The normalized spacial score (nSPS) is 23.8. The number of carbonyl (C=O) groups excluding carboxylic acids is 3. The summed E-state index contributed by atoms with van der Waals surface area (Å²) in [7, 11) is 0. The zero-order chi connectivity index (χ0) is 17.5. The molecule has 0 fully saturated rings. The second-order valence-electron chi connectivity index (χ2n) is 6.30. The monoisotopic (exact) mass is 331 g/mol. The van der Waals surface area contributed by atoms with Crippen LogP contribution < -0.4 is 16.0 Å². The van der Waals surface area contributed by atoms with Crippen molar-refractivity contribution in [1.82, 2.24) is 10.6 Å². The number of nitrogens with one attached hydrogen (secondary N) is 3. The molecule has 0 bridgehead atoms. The molecular weight excluding hydrogens is 306 g/mol. The number of aryl methyl sites for hydroxylation is 1. The summed E-state index contributed by atoms with van der Waals surface area (Å²) < 4.78 is 0. The summed E-state index contributed by atoms with van der Waals surface area (Å²) in [6.45, 7) is 3.38. The summed E-state index contributed by atoms with van der Waals surface area (Å²) in [4.78, 5) is 36.1. The molecule has 1 aliphatic heterocycles. The van der Waals surface area contributed by atoms with Gasteiger partial charge in [-0.3, -0.25) is 14.4 Å². The molecule has 24 heavy (non-hydrogen) atoms. The molecule has 0 radical (unpaired) electrons. The van der Waals surface area contributed by atoms with Crippen molar-refractivity contribution in [2.24, 2.45) is 5.92 Å². The summed E-state index contributed by atoms with van der Waals surface area (Å²) in [5, 5.41) is 8.10. The minimum atomic E-state index is -0.676. The third-order valence-corrected chi connectivity index (χ3v) is 4.25. The van der Waals surface area contributed by atoms with Crippen LogP contribution in [0.4, 0.5) is 5.69 Å². The van der Waals surface area contributed by atoms with Crippen LogP contribution in [-0.2, 0) is 20.8 Å². The maximum atomic E-state index is 12.3. The Hall–Kier alpha value is -2.37. The van der Waals surface area contributed by atoms with Gasteiger partial charge in [-0.05, 0) is 37.8 Å².